The van der Waals surface area contributed by atoms with Crippen LogP contribution in [0.15, 0.2) is 12.3 Å². The zero-order valence-electron chi connectivity index (χ0n) is 6.76. The van der Waals surface area contributed by atoms with Crippen molar-refractivity contribution in [1.29, 1.82) is 0 Å². The standard InChI is InChI=1S/C5H8N4O3S/c1-13(11,12)8-9-3-2-4(7-9)5(6)10/h2-3,8H,1H3,(H2,6,10). The summed E-state index contributed by atoms with van der Waals surface area (Å²) in [5, 5.41) is 3.55. The van der Waals surface area contributed by atoms with Crippen molar-refractivity contribution in [2.75, 3.05) is 11.1 Å². The summed E-state index contributed by atoms with van der Waals surface area (Å²) in [7, 11) is -3.39. The Morgan fingerprint density at radius 2 is 2.31 bits per heavy atom. The van der Waals surface area contributed by atoms with E-state index >= 15 is 0 Å². The van der Waals surface area contributed by atoms with E-state index in [-0.39, 0.29) is 5.69 Å². The molecule has 0 bridgehead atoms. The van der Waals surface area contributed by atoms with Crippen LogP contribution in [-0.2, 0) is 10.0 Å². The van der Waals surface area contributed by atoms with Gasteiger partial charge in [-0.05, 0) is 6.07 Å². The van der Waals surface area contributed by atoms with Gasteiger partial charge in [0.05, 0.1) is 12.5 Å². The van der Waals surface area contributed by atoms with Crippen molar-refractivity contribution in [2.45, 2.75) is 0 Å². The predicted molar refractivity (Wildman–Crippen MR) is 44.9 cm³/mol. The molecular formula is C5H8N4O3S. The summed E-state index contributed by atoms with van der Waals surface area (Å²) < 4.78 is 21.4. The van der Waals surface area contributed by atoms with Crippen LogP contribution in [0.3, 0.4) is 0 Å². The van der Waals surface area contributed by atoms with E-state index in [0.29, 0.717) is 0 Å². The number of hydrogen-bond acceptors (Lipinski definition) is 4. The van der Waals surface area contributed by atoms with Crippen LogP contribution in [0.4, 0.5) is 0 Å². The lowest BCUT2D eigenvalue weighted by molar-refractivity contribution is 0.0995. The lowest BCUT2D eigenvalue weighted by Gasteiger charge is -2.00. The number of hydrogen-bond donors (Lipinski definition) is 2. The first-order valence-electron chi connectivity index (χ1n) is 3.22. The Morgan fingerprint density at radius 3 is 2.69 bits per heavy atom. The molecule has 0 aliphatic carbocycles. The molecule has 0 saturated carbocycles. The Balaban J connectivity index is 2.87. The van der Waals surface area contributed by atoms with Gasteiger partial charge in [-0.2, -0.15) is 4.79 Å². The Morgan fingerprint density at radius 1 is 1.69 bits per heavy atom. The fraction of sp³-hybridized carbons (Fsp3) is 0.200. The SMILES string of the molecule is CS(=O)(=O)Nn1ccc(C(N)=O)n1. The minimum atomic E-state index is -3.39. The van der Waals surface area contributed by atoms with Crippen LogP contribution >= 0.6 is 0 Å². The molecule has 13 heavy (non-hydrogen) atoms. The van der Waals surface area contributed by atoms with Gasteiger partial charge in [0, 0.05) is 0 Å². The van der Waals surface area contributed by atoms with Crippen molar-refractivity contribution in [3.8, 4) is 0 Å². The van der Waals surface area contributed by atoms with Crippen LogP contribution in [0.2, 0.25) is 0 Å². The third-order valence-electron chi connectivity index (χ3n) is 1.10. The van der Waals surface area contributed by atoms with Crippen molar-refractivity contribution in [2.24, 2.45) is 5.73 Å². The van der Waals surface area contributed by atoms with Crippen LogP contribution in [0.5, 0.6) is 0 Å². The van der Waals surface area contributed by atoms with Crippen molar-refractivity contribution in [1.82, 2.24) is 9.89 Å². The number of rotatable bonds is 3. The van der Waals surface area contributed by atoms with Gasteiger partial charge < -0.3 is 5.73 Å². The first-order valence-corrected chi connectivity index (χ1v) is 5.11. The number of aromatic nitrogens is 2. The molecule has 0 saturated heterocycles. The number of sulfonamides is 1. The smallest absolute Gasteiger partial charge is 0.269 e. The highest BCUT2D eigenvalue weighted by Crippen LogP contribution is 1.92. The number of primary amides is 1. The maximum atomic E-state index is 10.7. The molecule has 1 rings (SSSR count). The van der Waals surface area contributed by atoms with Gasteiger partial charge in [-0.25, -0.2) is 13.2 Å². The molecule has 1 heterocycles. The van der Waals surface area contributed by atoms with Crippen molar-refractivity contribution >= 4 is 15.9 Å². The molecule has 7 nitrogen and oxygen atoms in total. The minimum Gasteiger partial charge on any atom is -0.364 e. The van der Waals surface area contributed by atoms with Gasteiger partial charge in [0.25, 0.3) is 5.91 Å². The maximum absolute atomic E-state index is 10.7. The van der Waals surface area contributed by atoms with Crippen molar-refractivity contribution in [3.05, 3.63) is 18.0 Å². The van der Waals surface area contributed by atoms with E-state index in [1.807, 2.05) is 4.83 Å². The molecule has 0 aliphatic heterocycles. The van der Waals surface area contributed by atoms with Crippen LogP contribution in [0, 0.1) is 0 Å². The fourth-order valence-corrected chi connectivity index (χ4v) is 1.12. The molecule has 8 heteroatoms. The van der Waals surface area contributed by atoms with Crippen LogP contribution < -0.4 is 10.6 Å². The minimum absolute atomic E-state index is 0.00356. The second-order valence-electron chi connectivity index (χ2n) is 2.37. The summed E-state index contributed by atoms with van der Waals surface area (Å²) in [6, 6.07) is 1.31. The molecule has 3 N–H and O–H groups in total. The summed E-state index contributed by atoms with van der Waals surface area (Å²) in [6.07, 6.45) is 2.25. The lowest BCUT2D eigenvalue weighted by Crippen LogP contribution is -2.23. The Bertz CT molecular complexity index is 421. The Hall–Kier alpha value is -1.57. The molecule has 0 aliphatic rings. The molecule has 1 aromatic rings. The van der Waals surface area contributed by atoms with Crippen LogP contribution in [0.1, 0.15) is 10.5 Å². The lowest BCUT2D eigenvalue weighted by atomic mass is 10.4. The quantitative estimate of drug-likeness (QED) is 0.623. The first-order chi connectivity index (χ1) is 5.88. The molecule has 0 atom stereocenters. The molecule has 1 aromatic heterocycles. The summed E-state index contributed by atoms with van der Waals surface area (Å²) >= 11 is 0. The van der Waals surface area contributed by atoms with E-state index in [2.05, 4.69) is 5.10 Å². The number of amides is 1. The molecular weight excluding hydrogens is 196 g/mol. The number of nitrogens with one attached hydrogen (secondary N) is 1. The van der Waals surface area contributed by atoms with Crippen molar-refractivity contribution in [3.63, 3.8) is 0 Å². The number of nitrogens with two attached hydrogens (primary N) is 1. The number of nitrogens with zero attached hydrogens (tertiary/aromatic N) is 2. The van der Waals surface area contributed by atoms with Gasteiger partial charge in [0.15, 0.2) is 5.69 Å². The highest BCUT2D eigenvalue weighted by Gasteiger charge is 2.06. The second-order valence-corrected chi connectivity index (χ2v) is 4.10. The predicted octanol–water partition coefficient (Wildman–Crippen LogP) is -1.51. The first kappa shape index (κ1) is 9.52. The van der Waals surface area contributed by atoms with E-state index in [0.717, 1.165) is 11.0 Å². The average Bonchev–Trinajstić information content (AvgIpc) is 2.31. The summed E-state index contributed by atoms with van der Waals surface area (Å²) in [6.45, 7) is 0. The van der Waals surface area contributed by atoms with E-state index in [1.165, 1.54) is 12.3 Å². The third-order valence-corrected chi connectivity index (χ3v) is 1.62. The molecule has 0 aromatic carbocycles. The fourth-order valence-electron chi connectivity index (χ4n) is 0.676. The topological polar surface area (TPSA) is 107 Å². The number of carbonyl (C=O) groups is 1. The van der Waals surface area contributed by atoms with E-state index < -0.39 is 15.9 Å². The largest absolute Gasteiger partial charge is 0.364 e. The normalized spacial score (nSPS) is 11.2. The Kier molecular flexibility index (Phi) is 2.24. The van der Waals surface area contributed by atoms with Crippen LogP contribution in [-0.4, -0.2) is 30.5 Å². The Labute approximate surface area is 74.6 Å². The van der Waals surface area contributed by atoms with Crippen molar-refractivity contribution < 1.29 is 13.2 Å². The summed E-state index contributed by atoms with van der Waals surface area (Å²) in [4.78, 5) is 13.5. The molecule has 0 fully saturated rings. The summed E-state index contributed by atoms with van der Waals surface area (Å²) in [5.74, 6) is -0.714. The average molecular weight is 204 g/mol. The maximum Gasteiger partial charge on any atom is 0.269 e. The zero-order valence-corrected chi connectivity index (χ0v) is 7.58. The monoisotopic (exact) mass is 204 g/mol. The third kappa shape index (κ3) is 2.75. The number of carbonyl (C=O) groups excluding carboxylic acids is 1. The van der Waals surface area contributed by atoms with Gasteiger partial charge in [0.1, 0.15) is 0 Å². The van der Waals surface area contributed by atoms with E-state index in [4.69, 9.17) is 5.73 Å². The molecule has 0 spiro atoms. The van der Waals surface area contributed by atoms with Gasteiger partial charge >= 0.3 is 0 Å². The van der Waals surface area contributed by atoms with Gasteiger partial charge in [-0.3, -0.25) is 4.79 Å². The van der Waals surface area contributed by atoms with Gasteiger partial charge in [-0.15, -0.1) is 5.10 Å². The van der Waals surface area contributed by atoms with Gasteiger partial charge in [0.2, 0.25) is 10.0 Å². The van der Waals surface area contributed by atoms with Gasteiger partial charge in [-0.1, -0.05) is 0 Å². The van der Waals surface area contributed by atoms with E-state index in [1.54, 1.807) is 0 Å². The highest BCUT2D eigenvalue weighted by atomic mass is 32.2. The zero-order chi connectivity index (χ0) is 10.1. The molecule has 0 unspecified atom stereocenters. The molecule has 72 valence electrons. The second kappa shape index (κ2) is 3.05. The summed E-state index contributed by atoms with van der Waals surface area (Å²) in [5.41, 5.74) is 4.90. The molecule has 1 amide bonds. The highest BCUT2D eigenvalue weighted by molar-refractivity contribution is 7.91. The van der Waals surface area contributed by atoms with Crippen LogP contribution in [0.25, 0.3) is 0 Å². The van der Waals surface area contributed by atoms with E-state index in [9.17, 15) is 13.2 Å². The molecule has 0 radical (unpaired) electrons.